The van der Waals surface area contributed by atoms with E-state index >= 15 is 0 Å². The Hall–Kier alpha value is -1.06. The molecule has 1 aliphatic heterocycles. The first kappa shape index (κ1) is 13.4. The summed E-state index contributed by atoms with van der Waals surface area (Å²) in [4.78, 5) is 2.40. The number of nitrogens with two attached hydrogens (primary N) is 1. The van der Waals surface area contributed by atoms with Gasteiger partial charge in [-0.2, -0.15) is 0 Å². The van der Waals surface area contributed by atoms with Crippen LogP contribution < -0.4 is 10.6 Å². The van der Waals surface area contributed by atoms with Gasteiger partial charge >= 0.3 is 0 Å². The molecule has 3 heteroatoms. The third-order valence-corrected chi connectivity index (χ3v) is 3.73. The van der Waals surface area contributed by atoms with E-state index in [9.17, 15) is 0 Å². The highest BCUT2D eigenvalue weighted by atomic mass is 16.3. The maximum absolute atomic E-state index is 9.14. The van der Waals surface area contributed by atoms with Crippen LogP contribution in [0.4, 0.5) is 5.69 Å². The Balaban J connectivity index is 1.93. The summed E-state index contributed by atoms with van der Waals surface area (Å²) in [5.74, 6) is 0.499. The third-order valence-electron chi connectivity index (χ3n) is 3.73. The zero-order valence-corrected chi connectivity index (χ0v) is 11.2. The zero-order chi connectivity index (χ0) is 13.0. The molecule has 1 heterocycles. The molecular weight excluding hydrogens is 224 g/mol. The fourth-order valence-electron chi connectivity index (χ4n) is 2.59. The highest BCUT2D eigenvalue weighted by Crippen LogP contribution is 2.23. The fourth-order valence-corrected chi connectivity index (χ4v) is 2.59. The van der Waals surface area contributed by atoms with Crippen LogP contribution in [0, 0.1) is 5.92 Å². The van der Waals surface area contributed by atoms with Gasteiger partial charge in [0.25, 0.3) is 0 Å². The average Bonchev–Trinajstić information content (AvgIpc) is 2.39. The Morgan fingerprint density at radius 1 is 1.28 bits per heavy atom. The van der Waals surface area contributed by atoms with E-state index in [0.29, 0.717) is 12.5 Å². The molecule has 1 fully saturated rings. The number of hydrogen-bond donors (Lipinski definition) is 2. The molecule has 0 amide bonds. The van der Waals surface area contributed by atoms with Crippen LogP contribution in [0.5, 0.6) is 0 Å². The van der Waals surface area contributed by atoms with Gasteiger partial charge in [-0.15, -0.1) is 0 Å². The molecule has 0 spiro atoms. The van der Waals surface area contributed by atoms with Crippen LogP contribution in [-0.4, -0.2) is 30.8 Å². The van der Waals surface area contributed by atoms with Crippen LogP contribution in [0.3, 0.4) is 0 Å². The van der Waals surface area contributed by atoms with Gasteiger partial charge in [0.05, 0.1) is 0 Å². The van der Waals surface area contributed by atoms with Gasteiger partial charge in [-0.1, -0.05) is 12.1 Å². The molecule has 1 aliphatic rings. The largest absolute Gasteiger partial charge is 0.396 e. The summed E-state index contributed by atoms with van der Waals surface area (Å²) in [7, 11) is 0. The van der Waals surface area contributed by atoms with Gasteiger partial charge < -0.3 is 15.7 Å². The van der Waals surface area contributed by atoms with Crippen molar-refractivity contribution in [2.75, 3.05) is 24.6 Å². The topological polar surface area (TPSA) is 49.5 Å². The van der Waals surface area contributed by atoms with Crippen molar-refractivity contribution >= 4 is 5.69 Å². The van der Waals surface area contributed by atoms with E-state index in [1.54, 1.807) is 0 Å². The van der Waals surface area contributed by atoms with E-state index in [1.165, 1.54) is 11.3 Å². The first-order chi connectivity index (χ1) is 8.69. The summed E-state index contributed by atoms with van der Waals surface area (Å²) in [6, 6.07) is 8.96. The normalized spacial score (nSPS) is 18.9. The number of rotatable bonds is 4. The lowest BCUT2D eigenvalue weighted by molar-refractivity contribution is 0.203. The molecule has 0 radical (unpaired) electrons. The van der Waals surface area contributed by atoms with Crippen molar-refractivity contribution in [3.05, 3.63) is 29.8 Å². The monoisotopic (exact) mass is 248 g/mol. The van der Waals surface area contributed by atoms with Crippen molar-refractivity contribution in [3.8, 4) is 0 Å². The highest BCUT2D eigenvalue weighted by molar-refractivity contribution is 5.48. The number of benzene rings is 1. The lowest BCUT2D eigenvalue weighted by Gasteiger charge is -2.33. The Morgan fingerprint density at radius 3 is 2.39 bits per heavy atom. The highest BCUT2D eigenvalue weighted by Gasteiger charge is 2.18. The molecule has 0 bridgehead atoms. The van der Waals surface area contributed by atoms with Gasteiger partial charge in [0.15, 0.2) is 0 Å². The summed E-state index contributed by atoms with van der Waals surface area (Å²) < 4.78 is 0. The predicted octanol–water partition coefficient (Wildman–Crippen LogP) is 1.78. The van der Waals surface area contributed by atoms with Crippen molar-refractivity contribution in [3.63, 3.8) is 0 Å². The van der Waals surface area contributed by atoms with E-state index in [4.69, 9.17) is 10.8 Å². The Kier molecular flexibility index (Phi) is 4.61. The fraction of sp³-hybridized carbons (Fsp3) is 0.600. The number of anilines is 1. The first-order valence-electron chi connectivity index (χ1n) is 6.89. The Labute approximate surface area is 110 Å². The lowest BCUT2D eigenvalue weighted by atomic mass is 9.97. The molecule has 1 unspecified atom stereocenters. The van der Waals surface area contributed by atoms with Crippen molar-refractivity contribution in [1.82, 2.24) is 0 Å². The molecule has 0 saturated carbocycles. The summed E-state index contributed by atoms with van der Waals surface area (Å²) in [6.07, 6.45) is 3.13. The van der Waals surface area contributed by atoms with Crippen LogP contribution in [0.25, 0.3) is 0 Å². The van der Waals surface area contributed by atoms with Gasteiger partial charge in [0.2, 0.25) is 0 Å². The van der Waals surface area contributed by atoms with Gasteiger partial charge in [-0.05, 0) is 49.8 Å². The number of aliphatic hydroxyl groups excluding tert-OH is 1. The Bertz CT molecular complexity index is 353. The minimum atomic E-state index is 0.219. The molecule has 1 aromatic rings. The number of hydrogen-bond acceptors (Lipinski definition) is 3. The lowest BCUT2D eigenvalue weighted by Crippen LogP contribution is -2.34. The van der Waals surface area contributed by atoms with Gasteiger partial charge in [0.1, 0.15) is 0 Å². The van der Waals surface area contributed by atoms with E-state index in [-0.39, 0.29) is 6.04 Å². The van der Waals surface area contributed by atoms with E-state index in [0.717, 1.165) is 32.4 Å². The van der Waals surface area contributed by atoms with Gasteiger partial charge in [-0.3, -0.25) is 0 Å². The third kappa shape index (κ3) is 3.47. The van der Waals surface area contributed by atoms with E-state index in [2.05, 4.69) is 29.2 Å². The van der Waals surface area contributed by atoms with Crippen LogP contribution in [0.2, 0.25) is 0 Å². The van der Waals surface area contributed by atoms with Crippen LogP contribution in [0.1, 0.15) is 25.3 Å². The molecule has 2 rings (SSSR count). The van der Waals surface area contributed by atoms with Crippen LogP contribution in [0.15, 0.2) is 24.3 Å². The second-order valence-electron chi connectivity index (χ2n) is 5.46. The summed E-state index contributed by atoms with van der Waals surface area (Å²) in [5.41, 5.74) is 8.40. The summed E-state index contributed by atoms with van der Waals surface area (Å²) in [6.45, 7) is 4.48. The number of aliphatic hydroxyl groups is 1. The maximum atomic E-state index is 9.14. The molecule has 1 saturated heterocycles. The minimum Gasteiger partial charge on any atom is -0.396 e. The number of piperidine rings is 1. The molecule has 1 aromatic carbocycles. The van der Waals surface area contributed by atoms with Crippen molar-refractivity contribution in [2.45, 2.75) is 32.2 Å². The van der Waals surface area contributed by atoms with Crippen LogP contribution >= 0.6 is 0 Å². The van der Waals surface area contributed by atoms with Crippen molar-refractivity contribution in [2.24, 2.45) is 11.7 Å². The van der Waals surface area contributed by atoms with Crippen molar-refractivity contribution in [1.29, 1.82) is 0 Å². The second kappa shape index (κ2) is 6.21. The average molecular weight is 248 g/mol. The smallest absolute Gasteiger partial charge is 0.0460 e. The van der Waals surface area contributed by atoms with E-state index < -0.39 is 0 Å². The predicted molar refractivity (Wildman–Crippen MR) is 75.8 cm³/mol. The maximum Gasteiger partial charge on any atom is 0.0460 e. The first-order valence-corrected chi connectivity index (χ1v) is 6.89. The number of nitrogens with zero attached hydrogens (tertiary/aromatic N) is 1. The zero-order valence-electron chi connectivity index (χ0n) is 11.2. The van der Waals surface area contributed by atoms with Crippen molar-refractivity contribution < 1.29 is 5.11 Å². The SMILES string of the molecule is CC(N)Cc1ccc(N2CCC(CO)CC2)cc1. The van der Waals surface area contributed by atoms with Crippen LogP contribution in [-0.2, 0) is 6.42 Å². The molecule has 0 aliphatic carbocycles. The quantitative estimate of drug-likeness (QED) is 0.854. The molecule has 3 nitrogen and oxygen atoms in total. The molecule has 18 heavy (non-hydrogen) atoms. The summed E-state index contributed by atoms with van der Waals surface area (Å²) >= 11 is 0. The van der Waals surface area contributed by atoms with Gasteiger partial charge in [0, 0.05) is 31.4 Å². The molecule has 0 aromatic heterocycles. The molecule has 3 N–H and O–H groups in total. The van der Waals surface area contributed by atoms with E-state index in [1.807, 2.05) is 6.92 Å². The molecular formula is C15H24N2O. The van der Waals surface area contributed by atoms with Gasteiger partial charge in [-0.25, -0.2) is 0 Å². The molecule has 1 atom stereocenters. The standard InChI is InChI=1S/C15H24N2O/c1-12(16)10-13-2-4-15(5-3-13)17-8-6-14(11-18)7-9-17/h2-5,12,14,18H,6-11,16H2,1H3. The minimum absolute atomic E-state index is 0.219. The summed E-state index contributed by atoms with van der Waals surface area (Å²) in [5, 5.41) is 9.14. The Morgan fingerprint density at radius 2 is 1.89 bits per heavy atom. The second-order valence-corrected chi connectivity index (χ2v) is 5.46. The molecule has 100 valence electrons.